The van der Waals surface area contributed by atoms with E-state index in [1.54, 1.807) is 0 Å². The average molecular weight is 207 g/mol. The molecular weight excluding hydrogens is 186 g/mol. The molecule has 0 aromatic rings. The molecule has 2 fully saturated rings. The summed E-state index contributed by atoms with van der Waals surface area (Å²) in [5, 5.41) is 9.32. The van der Waals surface area contributed by atoms with E-state index >= 15 is 0 Å². The van der Waals surface area contributed by atoms with Crippen LogP contribution in [0.15, 0.2) is 0 Å². The standard InChI is InChI=1S/C13H21NO/c1-11-4-6-13(9-11,10-14)7-5-12-3-2-8-15-12/h11-12H,2-9H2,1H3. The largest absolute Gasteiger partial charge is 0.378 e. The van der Waals surface area contributed by atoms with Crippen molar-refractivity contribution in [3.8, 4) is 6.07 Å². The summed E-state index contributed by atoms with van der Waals surface area (Å²) in [4.78, 5) is 0. The highest BCUT2D eigenvalue weighted by Gasteiger charge is 2.37. The van der Waals surface area contributed by atoms with Gasteiger partial charge >= 0.3 is 0 Å². The lowest BCUT2D eigenvalue weighted by Gasteiger charge is -2.22. The zero-order valence-corrected chi connectivity index (χ0v) is 9.67. The first-order valence-electron chi connectivity index (χ1n) is 6.27. The molecular formula is C13H21NO. The lowest BCUT2D eigenvalue weighted by Crippen LogP contribution is -2.17. The third-order valence-corrected chi connectivity index (χ3v) is 4.06. The van der Waals surface area contributed by atoms with E-state index in [0.717, 1.165) is 38.2 Å². The van der Waals surface area contributed by atoms with E-state index in [9.17, 15) is 5.26 Å². The Morgan fingerprint density at radius 2 is 2.33 bits per heavy atom. The summed E-state index contributed by atoms with van der Waals surface area (Å²) in [5.74, 6) is 0.745. The second-order valence-electron chi connectivity index (χ2n) is 5.41. The molecule has 0 amide bonds. The zero-order valence-electron chi connectivity index (χ0n) is 9.67. The predicted molar refractivity (Wildman–Crippen MR) is 59.3 cm³/mol. The monoisotopic (exact) mass is 207 g/mol. The molecule has 0 radical (unpaired) electrons. The SMILES string of the molecule is CC1CCC(C#N)(CCC2CCCO2)C1. The molecule has 1 saturated heterocycles. The van der Waals surface area contributed by atoms with Crippen molar-refractivity contribution in [3.05, 3.63) is 0 Å². The van der Waals surface area contributed by atoms with Gasteiger partial charge in [-0.3, -0.25) is 0 Å². The smallest absolute Gasteiger partial charge is 0.0689 e. The normalized spacial score (nSPS) is 40.5. The molecule has 1 heterocycles. The number of ether oxygens (including phenoxy) is 1. The maximum atomic E-state index is 9.32. The van der Waals surface area contributed by atoms with Crippen molar-refractivity contribution >= 4 is 0 Å². The summed E-state index contributed by atoms with van der Waals surface area (Å²) in [5.41, 5.74) is -0.00856. The summed E-state index contributed by atoms with van der Waals surface area (Å²) in [7, 11) is 0. The second kappa shape index (κ2) is 4.53. The molecule has 84 valence electrons. The second-order valence-corrected chi connectivity index (χ2v) is 5.41. The Labute approximate surface area is 92.6 Å². The lowest BCUT2D eigenvalue weighted by atomic mass is 9.81. The average Bonchev–Trinajstić information content (AvgIpc) is 2.85. The lowest BCUT2D eigenvalue weighted by molar-refractivity contribution is 0.0936. The van der Waals surface area contributed by atoms with Crippen LogP contribution in [-0.4, -0.2) is 12.7 Å². The van der Waals surface area contributed by atoms with E-state index in [0.29, 0.717) is 6.10 Å². The molecule has 15 heavy (non-hydrogen) atoms. The molecule has 0 aromatic heterocycles. The minimum absolute atomic E-state index is 0.00856. The Balaban J connectivity index is 1.83. The van der Waals surface area contributed by atoms with Crippen molar-refractivity contribution in [2.45, 2.75) is 58.0 Å². The minimum Gasteiger partial charge on any atom is -0.378 e. The quantitative estimate of drug-likeness (QED) is 0.711. The molecule has 0 bridgehead atoms. The van der Waals surface area contributed by atoms with Crippen molar-refractivity contribution in [3.63, 3.8) is 0 Å². The topological polar surface area (TPSA) is 33.0 Å². The third-order valence-electron chi connectivity index (χ3n) is 4.06. The van der Waals surface area contributed by atoms with E-state index < -0.39 is 0 Å². The van der Waals surface area contributed by atoms with Gasteiger partial charge in [0.1, 0.15) is 0 Å². The van der Waals surface area contributed by atoms with Crippen LogP contribution in [0.25, 0.3) is 0 Å². The molecule has 2 aliphatic rings. The summed E-state index contributed by atoms with van der Waals surface area (Å²) < 4.78 is 5.62. The van der Waals surface area contributed by atoms with Gasteiger partial charge in [0.05, 0.1) is 17.6 Å². The first kappa shape index (κ1) is 11.0. The highest BCUT2D eigenvalue weighted by molar-refractivity contribution is 5.03. The molecule has 2 nitrogen and oxygen atoms in total. The highest BCUT2D eigenvalue weighted by Crippen LogP contribution is 2.45. The summed E-state index contributed by atoms with van der Waals surface area (Å²) in [6, 6.07) is 2.58. The number of rotatable bonds is 3. The summed E-state index contributed by atoms with van der Waals surface area (Å²) >= 11 is 0. The van der Waals surface area contributed by atoms with Crippen molar-refractivity contribution in [1.29, 1.82) is 5.26 Å². The van der Waals surface area contributed by atoms with Gasteiger partial charge in [-0.1, -0.05) is 6.92 Å². The van der Waals surface area contributed by atoms with Crippen LogP contribution in [-0.2, 0) is 4.74 Å². The molecule has 1 aliphatic carbocycles. The molecule has 0 aromatic carbocycles. The van der Waals surface area contributed by atoms with Crippen molar-refractivity contribution in [2.75, 3.05) is 6.61 Å². The van der Waals surface area contributed by atoms with Crippen LogP contribution in [0.1, 0.15) is 51.9 Å². The Kier molecular flexibility index (Phi) is 3.31. The maximum absolute atomic E-state index is 9.32. The van der Waals surface area contributed by atoms with Crippen molar-refractivity contribution in [2.24, 2.45) is 11.3 Å². The summed E-state index contributed by atoms with van der Waals surface area (Å²) in [6.07, 6.45) is 8.47. The van der Waals surface area contributed by atoms with Gasteiger partial charge in [-0.15, -0.1) is 0 Å². The van der Waals surface area contributed by atoms with Crippen LogP contribution < -0.4 is 0 Å². The van der Waals surface area contributed by atoms with Gasteiger partial charge in [-0.25, -0.2) is 0 Å². The van der Waals surface area contributed by atoms with Crippen molar-refractivity contribution in [1.82, 2.24) is 0 Å². The molecule has 0 N–H and O–H groups in total. The van der Waals surface area contributed by atoms with Gasteiger partial charge < -0.3 is 4.74 Å². The van der Waals surface area contributed by atoms with Crippen LogP contribution in [0.3, 0.4) is 0 Å². The van der Waals surface area contributed by atoms with Gasteiger partial charge in [0, 0.05) is 6.61 Å². The number of hydrogen-bond donors (Lipinski definition) is 0. The van der Waals surface area contributed by atoms with Crippen LogP contribution in [0.2, 0.25) is 0 Å². The first-order chi connectivity index (χ1) is 7.24. The van der Waals surface area contributed by atoms with Gasteiger partial charge in [-0.2, -0.15) is 5.26 Å². The predicted octanol–water partition coefficient (Wildman–Crippen LogP) is 3.28. The van der Waals surface area contributed by atoms with Crippen LogP contribution >= 0.6 is 0 Å². The van der Waals surface area contributed by atoms with Gasteiger partial charge in [0.15, 0.2) is 0 Å². The maximum Gasteiger partial charge on any atom is 0.0689 e. The molecule has 1 saturated carbocycles. The Morgan fingerprint density at radius 3 is 2.87 bits per heavy atom. The van der Waals surface area contributed by atoms with E-state index in [-0.39, 0.29) is 5.41 Å². The molecule has 2 heteroatoms. The van der Waals surface area contributed by atoms with Crippen molar-refractivity contribution < 1.29 is 4.74 Å². The Bertz CT molecular complexity index is 252. The molecule has 0 spiro atoms. The molecule has 3 atom stereocenters. The first-order valence-corrected chi connectivity index (χ1v) is 6.27. The van der Waals surface area contributed by atoms with Crippen LogP contribution in [0, 0.1) is 22.7 Å². The van der Waals surface area contributed by atoms with Gasteiger partial charge in [0.25, 0.3) is 0 Å². The summed E-state index contributed by atoms with van der Waals surface area (Å²) in [6.45, 7) is 3.20. The highest BCUT2D eigenvalue weighted by atomic mass is 16.5. The molecule has 2 rings (SSSR count). The van der Waals surface area contributed by atoms with E-state index in [1.807, 2.05) is 0 Å². The molecule has 3 unspecified atom stereocenters. The number of hydrogen-bond acceptors (Lipinski definition) is 2. The minimum atomic E-state index is -0.00856. The zero-order chi connectivity index (χ0) is 10.7. The fourth-order valence-electron chi connectivity index (χ4n) is 3.09. The fourth-order valence-corrected chi connectivity index (χ4v) is 3.09. The van der Waals surface area contributed by atoms with Gasteiger partial charge in [0.2, 0.25) is 0 Å². The Hall–Kier alpha value is -0.550. The van der Waals surface area contributed by atoms with E-state index in [1.165, 1.54) is 19.3 Å². The van der Waals surface area contributed by atoms with Crippen LogP contribution in [0.5, 0.6) is 0 Å². The van der Waals surface area contributed by atoms with E-state index in [2.05, 4.69) is 13.0 Å². The molecule has 1 aliphatic heterocycles. The van der Waals surface area contributed by atoms with Crippen LogP contribution in [0.4, 0.5) is 0 Å². The number of nitriles is 1. The van der Waals surface area contributed by atoms with E-state index in [4.69, 9.17) is 4.74 Å². The third kappa shape index (κ3) is 2.52. The van der Waals surface area contributed by atoms with Gasteiger partial charge in [-0.05, 0) is 50.9 Å². The fraction of sp³-hybridized carbons (Fsp3) is 0.923. The number of nitrogens with zero attached hydrogens (tertiary/aromatic N) is 1. The Morgan fingerprint density at radius 1 is 1.47 bits per heavy atom.